The van der Waals surface area contributed by atoms with E-state index in [0.717, 1.165) is 48.1 Å². The lowest BCUT2D eigenvalue weighted by atomic mass is 9.93. The smallest absolute Gasteiger partial charge is 0.508 e. The maximum atomic E-state index is 12.4. The number of likely N-dealkylation sites (tertiary alicyclic amines) is 1. The molecule has 4 rings (SSSR count). The molecule has 0 saturated carbocycles. The van der Waals surface area contributed by atoms with Gasteiger partial charge in [0.15, 0.2) is 0 Å². The zero-order chi connectivity index (χ0) is 24.6. The molecule has 1 saturated heterocycles. The maximum absolute atomic E-state index is 12.4. The van der Waals surface area contributed by atoms with Crippen LogP contribution < -0.4 is 4.18 Å². The molecule has 2 aromatic carbocycles. The van der Waals surface area contributed by atoms with Gasteiger partial charge in [-0.25, -0.2) is 4.21 Å². The molecule has 1 heterocycles. The molecule has 1 unspecified atom stereocenters. The third kappa shape index (κ3) is 8.63. The first-order chi connectivity index (χ1) is 16.3. The van der Waals surface area contributed by atoms with Gasteiger partial charge in [-0.05, 0) is 98.1 Å². The van der Waals surface area contributed by atoms with Crippen molar-refractivity contribution in [1.82, 2.24) is 4.90 Å². The number of halogens is 4. The Hall–Kier alpha value is -2.43. The Morgan fingerprint density at radius 2 is 1.71 bits per heavy atom. The summed E-state index contributed by atoms with van der Waals surface area (Å²) >= 11 is -3.38. The number of hydrogen-bond donors (Lipinski definition) is 1. The Morgan fingerprint density at radius 1 is 1.03 bits per heavy atom. The van der Waals surface area contributed by atoms with Gasteiger partial charge in [0.05, 0.1) is 6.67 Å². The second-order valence-corrected chi connectivity index (χ2v) is 9.33. The van der Waals surface area contributed by atoms with Crippen molar-refractivity contribution in [3.8, 4) is 11.5 Å². The van der Waals surface area contributed by atoms with Gasteiger partial charge >= 0.3 is 16.6 Å². The Bertz CT molecular complexity index is 990. The number of allylic oxidation sites excluding steroid dienone is 1. The van der Waals surface area contributed by atoms with Gasteiger partial charge in [-0.3, -0.25) is 4.39 Å². The van der Waals surface area contributed by atoms with E-state index in [1.54, 1.807) is 30.3 Å². The number of nitrogens with zero attached hydrogens (tertiary/aromatic N) is 1. The molecule has 0 amide bonds. The van der Waals surface area contributed by atoms with Gasteiger partial charge < -0.3 is 19.7 Å². The molecular formula is C25H31F4NO4S. The summed E-state index contributed by atoms with van der Waals surface area (Å²) in [7, 11) is 0. The van der Waals surface area contributed by atoms with Crippen LogP contribution in [0.3, 0.4) is 0 Å². The first-order valence-corrected chi connectivity index (χ1v) is 12.4. The van der Waals surface area contributed by atoms with Crippen LogP contribution in [0.15, 0.2) is 48.5 Å². The molecule has 10 heteroatoms. The van der Waals surface area contributed by atoms with E-state index in [1.165, 1.54) is 38.1 Å². The quantitative estimate of drug-likeness (QED) is 0.525. The third-order valence-corrected chi connectivity index (χ3v) is 6.43. The van der Waals surface area contributed by atoms with Crippen LogP contribution in [0.25, 0.3) is 5.57 Å². The topological polar surface area (TPSA) is 81.3 Å². The number of phenolic OH excluding ortho intramolecular Hbond substituents is 1. The molecule has 2 aliphatic rings. The fourth-order valence-electron chi connectivity index (χ4n) is 4.08. The molecule has 0 bridgehead atoms. The molecule has 194 valence electrons. The van der Waals surface area contributed by atoms with E-state index in [1.807, 2.05) is 0 Å². The number of fused-ring (bicyclic) bond motifs is 1. The predicted molar refractivity (Wildman–Crippen MR) is 129 cm³/mol. The van der Waals surface area contributed by atoms with Crippen molar-refractivity contribution in [2.24, 2.45) is 0 Å². The van der Waals surface area contributed by atoms with E-state index >= 15 is 0 Å². The molecule has 1 aliphatic carbocycles. The first-order valence-electron chi connectivity index (χ1n) is 11.4. The lowest BCUT2D eigenvalue weighted by Gasteiger charge is -2.14. The average molecular weight is 518 g/mol. The molecule has 2 aromatic rings. The molecular weight excluding hydrogens is 486 g/mol. The van der Waals surface area contributed by atoms with Crippen LogP contribution in [-0.2, 0) is 17.5 Å². The van der Waals surface area contributed by atoms with E-state index in [-0.39, 0.29) is 23.6 Å². The standard InChI is InChI=1S/C18H15F3O3S.C7H14FN.H2O/c19-18(20,21)25(23)24-15-9-10-17-13(11-15)3-1-2-4-16(17)12-5-7-14(22)8-6-12;8-4-3-7-9-5-1-2-6-9;/h4-11,22H,1-3H2;1-7H2;1H2. The highest BCUT2D eigenvalue weighted by Crippen LogP contribution is 2.34. The fourth-order valence-corrected chi connectivity index (χ4v) is 4.45. The maximum Gasteiger partial charge on any atom is 0.508 e. The van der Waals surface area contributed by atoms with Crippen molar-refractivity contribution in [3.63, 3.8) is 0 Å². The van der Waals surface area contributed by atoms with Gasteiger partial charge in [0, 0.05) is 6.54 Å². The van der Waals surface area contributed by atoms with Gasteiger partial charge in [-0.1, -0.05) is 24.3 Å². The van der Waals surface area contributed by atoms with Crippen LogP contribution in [-0.4, -0.2) is 51.5 Å². The highest BCUT2D eigenvalue weighted by atomic mass is 32.2. The van der Waals surface area contributed by atoms with Gasteiger partial charge in [0.25, 0.3) is 0 Å². The molecule has 35 heavy (non-hydrogen) atoms. The largest absolute Gasteiger partial charge is 0.508 e. The Balaban J connectivity index is 0.000000366. The second-order valence-electron chi connectivity index (χ2n) is 8.23. The summed E-state index contributed by atoms with van der Waals surface area (Å²) in [4.78, 5) is 2.33. The van der Waals surface area contributed by atoms with E-state index in [2.05, 4.69) is 15.2 Å². The predicted octanol–water partition coefficient (Wildman–Crippen LogP) is 5.34. The number of benzene rings is 2. The Morgan fingerprint density at radius 3 is 2.34 bits per heavy atom. The SMILES string of the molecule is FCCCN1CCCC1.O.O=S(Oc1ccc2c(c1)CCCC=C2c1ccc(O)cc1)C(F)(F)F. The molecule has 3 N–H and O–H groups in total. The van der Waals surface area contributed by atoms with Crippen molar-refractivity contribution in [1.29, 1.82) is 0 Å². The Labute approximate surface area is 205 Å². The van der Waals surface area contributed by atoms with Gasteiger partial charge in [0.1, 0.15) is 11.5 Å². The molecule has 1 atom stereocenters. The van der Waals surface area contributed by atoms with Gasteiger partial charge in [-0.2, -0.15) is 13.2 Å². The molecule has 5 nitrogen and oxygen atoms in total. The monoisotopic (exact) mass is 517 g/mol. The van der Waals surface area contributed by atoms with Crippen molar-refractivity contribution in [3.05, 3.63) is 65.2 Å². The Kier molecular flexibility index (Phi) is 11.2. The van der Waals surface area contributed by atoms with E-state index in [0.29, 0.717) is 6.42 Å². The lowest BCUT2D eigenvalue weighted by Crippen LogP contribution is -2.21. The minimum absolute atomic E-state index is 0. The average Bonchev–Trinajstić information content (AvgIpc) is 3.24. The number of phenols is 1. The van der Waals surface area contributed by atoms with Crippen LogP contribution in [0.2, 0.25) is 0 Å². The number of hydrogen-bond acceptors (Lipinski definition) is 4. The van der Waals surface area contributed by atoms with E-state index in [4.69, 9.17) is 0 Å². The fraction of sp³-hybridized carbons (Fsp3) is 0.440. The van der Waals surface area contributed by atoms with Crippen LogP contribution in [0.4, 0.5) is 17.6 Å². The van der Waals surface area contributed by atoms with Crippen molar-refractivity contribution in [2.45, 2.75) is 44.0 Å². The zero-order valence-corrected chi connectivity index (χ0v) is 20.1. The molecule has 0 aromatic heterocycles. The van der Waals surface area contributed by atoms with Gasteiger partial charge in [0.2, 0.25) is 0 Å². The normalized spacial score (nSPS) is 16.6. The molecule has 1 aliphatic heterocycles. The summed E-state index contributed by atoms with van der Waals surface area (Å²) in [5.41, 5.74) is -1.31. The molecule has 1 fully saturated rings. The summed E-state index contributed by atoms with van der Waals surface area (Å²) in [6.45, 7) is 3.20. The molecule has 0 radical (unpaired) electrons. The van der Waals surface area contributed by atoms with Crippen molar-refractivity contribution < 1.29 is 36.5 Å². The minimum Gasteiger partial charge on any atom is -0.508 e. The summed E-state index contributed by atoms with van der Waals surface area (Å²) in [5, 5.41) is 9.44. The van der Waals surface area contributed by atoms with Crippen LogP contribution in [0.5, 0.6) is 11.5 Å². The van der Waals surface area contributed by atoms with E-state index < -0.39 is 16.6 Å². The van der Waals surface area contributed by atoms with Crippen molar-refractivity contribution in [2.75, 3.05) is 26.3 Å². The summed E-state index contributed by atoms with van der Waals surface area (Å²) in [5.74, 6) is 0.0953. The number of alkyl halides is 4. The van der Waals surface area contributed by atoms with Crippen molar-refractivity contribution >= 4 is 16.7 Å². The van der Waals surface area contributed by atoms with Gasteiger partial charge in [-0.15, -0.1) is 0 Å². The summed E-state index contributed by atoms with van der Waals surface area (Å²) < 4.78 is 64.5. The second kappa shape index (κ2) is 13.6. The van der Waals surface area contributed by atoms with Crippen LogP contribution >= 0.6 is 0 Å². The highest BCUT2D eigenvalue weighted by Gasteiger charge is 2.40. The number of aromatic hydroxyl groups is 1. The third-order valence-electron chi connectivity index (χ3n) is 5.71. The summed E-state index contributed by atoms with van der Waals surface area (Å²) in [6.07, 6.45) is 7.78. The lowest BCUT2D eigenvalue weighted by molar-refractivity contribution is -0.0437. The zero-order valence-electron chi connectivity index (χ0n) is 19.3. The number of rotatable bonds is 6. The first kappa shape index (κ1) is 28.8. The van der Waals surface area contributed by atoms with E-state index in [9.17, 15) is 26.9 Å². The number of aryl methyl sites for hydroxylation is 1. The van der Waals surface area contributed by atoms with Crippen LogP contribution in [0, 0.1) is 0 Å². The summed E-state index contributed by atoms with van der Waals surface area (Å²) in [6, 6.07) is 11.3. The highest BCUT2D eigenvalue weighted by molar-refractivity contribution is 7.81. The van der Waals surface area contributed by atoms with Crippen LogP contribution in [0.1, 0.15) is 48.8 Å². The molecule has 0 spiro atoms. The minimum atomic E-state index is -4.91.